The van der Waals surface area contributed by atoms with Crippen molar-refractivity contribution in [3.63, 3.8) is 0 Å². The highest BCUT2D eigenvalue weighted by atomic mass is 19.4. The number of rotatable bonds is 9. The maximum Gasteiger partial charge on any atom is 0.509 e. The van der Waals surface area contributed by atoms with E-state index >= 15 is 0 Å². The summed E-state index contributed by atoms with van der Waals surface area (Å²) in [7, 11) is 0. The average molecular weight is 783 g/mol. The predicted molar refractivity (Wildman–Crippen MR) is 180 cm³/mol. The number of hydrogen-bond donors (Lipinski definition) is 1. The zero-order chi connectivity index (χ0) is 43.4. The van der Waals surface area contributed by atoms with Crippen LogP contribution in [0.15, 0.2) is 24.3 Å². The van der Waals surface area contributed by atoms with Crippen LogP contribution in [0.5, 0.6) is 0 Å². The highest BCUT2D eigenvalue weighted by Crippen LogP contribution is 2.38. The van der Waals surface area contributed by atoms with E-state index in [1.165, 1.54) is 48.5 Å². The summed E-state index contributed by atoms with van der Waals surface area (Å²) in [5.41, 5.74) is -7.92. The molecule has 0 aliphatic heterocycles. The molecule has 0 rings (SSSR count). The summed E-state index contributed by atoms with van der Waals surface area (Å²) in [5, 5.41) is 9.13. The van der Waals surface area contributed by atoms with E-state index in [9.17, 15) is 50.3 Å². The Morgan fingerprint density at radius 1 is 0.528 bits per heavy atom. The first-order chi connectivity index (χ1) is 23.1. The molecule has 53 heavy (non-hydrogen) atoms. The van der Waals surface area contributed by atoms with E-state index in [-0.39, 0.29) is 11.1 Å². The first-order valence-corrected chi connectivity index (χ1v) is 16.0. The van der Waals surface area contributed by atoms with Gasteiger partial charge in [0.25, 0.3) is 0 Å². The third-order valence-electron chi connectivity index (χ3n) is 5.55. The topological polar surface area (TPSA) is 161 Å². The van der Waals surface area contributed by atoms with E-state index < -0.39 is 95.4 Å². The van der Waals surface area contributed by atoms with Crippen molar-refractivity contribution in [1.29, 1.82) is 0 Å². The molecule has 0 aliphatic carbocycles. The number of ether oxygens (including phenoxy) is 6. The molecule has 4 atom stereocenters. The van der Waals surface area contributed by atoms with Crippen molar-refractivity contribution in [3.05, 3.63) is 24.3 Å². The first kappa shape index (κ1) is 53.5. The van der Waals surface area contributed by atoms with Crippen LogP contribution in [-0.2, 0) is 47.6 Å². The van der Waals surface area contributed by atoms with Crippen LogP contribution in [0.2, 0.25) is 0 Å². The molecule has 0 radical (unpaired) electrons. The lowest BCUT2D eigenvalue weighted by Crippen LogP contribution is -2.49. The summed E-state index contributed by atoms with van der Waals surface area (Å²) in [5.74, 6) is -3.50. The molecule has 0 aliphatic rings. The van der Waals surface area contributed by atoms with Crippen LogP contribution < -0.4 is 0 Å². The van der Waals surface area contributed by atoms with E-state index in [4.69, 9.17) is 24.1 Å². The first-order valence-electron chi connectivity index (χ1n) is 16.0. The van der Waals surface area contributed by atoms with Gasteiger partial charge in [-0.2, -0.15) is 26.3 Å². The molecule has 0 aromatic carbocycles. The molecule has 0 saturated carbocycles. The van der Waals surface area contributed by atoms with Gasteiger partial charge in [0.15, 0.2) is 5.60 Å². The zero-order valence-corrected chi connectivity index (χ0v) is 33.2. The molecule has 0 saturated heterocycles. The van der Waals surface area contributed by atoms with Crippen molar-refractivity contribution in [2.75, 3.05) is 0 Å². The SMILES string of the molecule is C=C(C)C(=O)OC(C)CC(C)(O)C(F)(F)F.C=C(C)C(=O)OC(C)CC(C)(OC(=O)OC(C)(C)C)C(F)(F)F.CC(C)(C)OC(=O)C(=O)OC(C)(C)C. The molecule has 310 valence electrons. The van der Waals surface area contributed by atoms with E-state index in [2.05, 4.69) is 22.6 Å². The Kier molecular flexibility index (Phi) is 20.2. The highest BCUT2D eigenvalue weighted by Gasteiger charge is 2.56. The van der Waals surface area contributed by atoms with Crippen LogP contribution in [-0.4, -0.2) is 87.7 Å². The molecule has 0 aromatic heterocycles. The number of halogens is 6. The van der Waals surface area contributed by atoms with Gasteiger partial charge in [-0.15, -0.1) is 0 Å². The molecule has 12 nitrogen and oxygen atoms in total. The van der Waals surface area contributed by atoms with Gasteiger partial charge in [-0.3, -0.25) is 0 Å². The number of carbonyl (C=O) groups is 5. The smallest absolute Gasteiger partial charge is 0.459 e. The van der Waals surface area contributed by atoms with Gasteiger partial charge in [-0.1, -0.05) is 13.2 Å². The number of esters is 4. The second kappa shape index (κ2) is 20.0. The molecular formula is C35H56F6O12. The minimum atomic E-state index is -4.87. The van der Waals surface area contributed by atoms with Crippen molar-refractivity contribution < 1.29 is 83.8 Å². The normalized spacial score (nSPS) is 15.4. The third kappa shape index (κ3) is 24.9. The van der Waals surface area contributed by atoms with Gasteiger partial charge < -0.3 is 33.5 Å². The molecule has 0 aromatic rings. The number of hydrogen-bond acceptors (Lipinski definition) is 12. The minimum Gasteiger partial charge on any atom is -0.459 e. The van der Waals surface area contributed by atoms with Gasteiger partial charge in [0.05, 0.1) is 0 Å². The Hall–Kier alpha value is -3.83. The Morgan fingerprint density at radius 3 is 1.08 bits per heavy atom. The molecular weight excluding hydrogens is 726 g/mol. The Balaban J connectivity index is -0.000000736. The standard InChI is InChI=1S/C15H23F3O5.C10H15F3O3.C10H18O4/c1-9(2)11(19)21-10(3)8-14(7,15(16,17)18)23-12(20)22-13(4,5)6;1-6(2)8(14)16-7(3)5-9(4,15)10(11,12)13;1-9(2,3)13-7(11)8(12)14-10(4,5)6/h10H,1,8H2,2-7H3;7,15H,1,5H2,2-4H3;1-6H3. The lowest BCUT2D eigenvalue weighted by molar-refractivity contribution is -0.266. The van der Waals surface area contributed by atoms with Crippen LogP contribution in [0.25, 0.3) is 0 Å². The molecule has 0 fully saturated rings. The third-order valence-corrected chi connectivity index (χ3v) is 5.55. The Bertz CT molecular complexity index is 1260. The van der Waals surface area contributed by atoms with Crippen LogP contribution >= 0.6 is 0 Å². The molecule has 0 bridgehead atoms. The maximum atomic E-state index is 13.3. The predicted octanol–water partition coefficient (Wildman–Crippen LogP) is 8.02. The van der Waals surface area contributed by atoms with Crippen molar-refractivity contribution in [1.82, 2.24) is 0 Å². The number of alkyl halides is 6. The van der Waals surface area contributed by atoms with E-state index in [1.807, 2.05) is 0 Å². The van der Waals surface area contributed by atoms with Crippen LogP contribution in [0.3, 0.4) is 0 Å². The van der Waals surface area contributed by atoms with Crippen LogP contribution in [0.1, 0.15) is 117 Å². The van der Waals surface area contributed by atoms with Crippen molar-refractivity contribution in [2.24, 2.45) is 0 Å². The summed E-state index contributed by atoms with van der Waals surface area (Å²) in [6.07, 6.45) is -14.7. The number of carbonyl (C=O) groups excluding carboxylic acids is 5. The summed E-state index contributed by atoms with van der Waals surface area (Å²) in [6.45, 7) is 27.9. The monoisotopic (exact) mass is 782 g/mol. The summed E-state index contributed by atoms with van der Waals surface area (Å²) in [6, 6.07) is 0. The largest absolute Gasteiger partial charge is 0.509 e. The van der Waals surface area contributed by atoms with Gasteiger partial charge >= 0.3 is 42.4 Å². The van der Waals surface area contributed by atoms with Crippen molar-refractivity contribution >= 4 is 30.0 Å². The molecule has 0 amide bonds. The van der Waals surface area contributed by atoms with Crippen molar-refractivity contribution in [3.8, 4) is 0 Å². The lowest BCUT2D eigenvalue weighted by Gasteiger charge is -2.34. The quantitative estimate of drug-likeness (QED) is 0.0790. The summed E-state index contributed by atoms with van der Waals surface area (Å²) < 4.78 is 105. The zero-order valence-electron chi connectivity index (χ0n) is 33.2. The van der Waals surface area contributed by atoms with E-state index in [0.29, 0.717) is 13.8 Å². The van der Waals surface area contributed by atoms with Gasteiger partial charge in [0, 0.05) is 24.0 Å². The molecule has 0 spiro atoms. The average Bonchev–Trinajstić information content (AvgIpc) is 2.84. The maximum absolute atomic E-state index is 13.3. The van der Waals surface area contributed by atoms with E-state index in [1.54, 1.807) is 41.5 Å². The van der Waals surface area contributed by atoms with Gasteiger partial charge in [0.2, 0.25) is 5.60 Å². The van der Waals surface area contributed by atoms with Crippen molar-refractivity contribution in [2.45, 2.75) is 169 Å². The van der Waals surface area contributed by atoms with Crippen LogP contribution in [0.4, 0.5) is 31.1 Å². The van der Waals surface area contributed by atoms with E-state index in [0.717, 1.165) is 0 Å². The summed E-state index contributed by atoms with van der Waals surface area (Å²) >= 11 is 0. The number of aliphatic hydroxyl groups is 1. The fourth-order valence-corrected chi connectivity index (χ4v) is 3.18. The fourth-order valence-electron chi connectivity index (χ4n) is 3.18. The fraction of sp³-hybridized carbons (Fsp3) is 0.743. The second-order valence-corrected chi connectivity index (χ2v) is 15.5. The molecule has 4 unspecified atom stereocenters. The molecule has 1 N–H and O–H groups in total. The van der Waals surface area contributed by atoms with Gasteiger partial charge in [0.1, 0.15) is 29.0 Å². The van der Waals surface area contributed by atoms with Gasteiger partial charge in [-0.25, -0.2) is 24.0 Å². The second-order valence-electron chi connectivity index (χ2n) is 15.5. The Labute approximate surface area is 307 Å². The Morgan fingerprint density at radius 2 is 0.830 bits per heavy atom. The van der Waals surface area contributed by atoms with Crippen LogP contribution in [0, 0.1) is 0 Å². The highest BCUT2D eigenvalue weighted by molar-refractivity contribution is 6.29. The molecule has 18 heteroatoms. The van der Waals surface area contributed by atoms with Gasteiger partial charge in [-0.05, 0) is 104 Å². The minimum absolute atomic E-state index is 0.0543. The molecule has 0 heterocycles. The summed E-state index contributed by atoms with van der Waals surface area (Å²) in [4.78, 5) is 56.2. The lowest BCUT2D eigenvalue weighted by atomic mass is 9.98.